The number of fused-ring (bicyclic) bond motifs is 1. The Morgan fingerprint density at radius 1 is 0.829 bits per heavy atom. The van der Waals surface area contributed by atoms with Gasteiger partial charge in [-0.25, -0.2) is 8.78 Å². The van der Waals surface area contributed by atoms with Gasteiger partial charge in [0.2, 0.25) is 0 Å². The van der Waals surface area contributed by atoms with Crippen molar-refractivity contribution in [2.24, 2.45) is 0 Å². The lowest BCUT2D eigenvalue weighted by atomic mass is 9.99. The van der Waals surface area contributed by atoms with Crippen molar-refractivity contribution in [1.29, 1.82) is 0 Å². The molecule has 2 aromatic heterocycles. The summed E-state index contributed by atoms with van der Waals surface area (Å²) in [5.74, 6) is -0.580. The molecule has 0 bridgehead atoms. The Morgan fingerprint density at radius 2 is 1.46 bits per heavy atom. The molecule has 0 atom stereocenters. The van der Waals surface area contributed by atoms with Crippen molar-refractivity contribution in [3.05, 3.63) is 130 Å². The quantitative estimate of drug-likeness (QED) is 0.276. The average Bonchev–Trinajstić information content (AvgIpc) is 3.33. The van der Waals surface area contributed by atoms with Crippen LogP contribution in [0.15, 0.2) is 79.0 Å². The Morgan fingerprint density at radius 3 is 2.12 bits per heavy atom. The van der Waals surface area contributed by atoms with Crippen LogP contribution in [0.25, 0.3) is 16.6 Å². The monoisotopic (exact) mass is 550 g/mol. The summed E-state index contributed by atoms with van der Waals surface area (Å²) in [5.41, 5.74) is 6.62. The van der Waals surface area contributed by atoms with E-state index in [1.54, 1.807) is 32.2 Å². The fourth-order valence-corrected chi connectivity index (χ4v) is 5.82. The van der Waals surface area contributed by atoms with E-state index in [4.69, 9.17) is 4.98 Å². The number of hydrogen-bond donors (Lipinski definition) is 1. The van der Waals surface area contributed by atoms with Gasteiger partial charge in [0.25, 0.3) is 5.91 Å². The van der Waals surface area contributed by atoms with Crippen molar-refractivity contribution in [3.63, 3.8) is 0 Å². The first-order valence-corrected chi connectivity index (χ1v) is 14.0. The zero-order valence-corrected chi connectivity index (χ0v) is 23.3. The van der Waals surface area contributed by atoms with Crippen molar-refractivity contribution < 1.29 is 13.6 Å². The number of pyridine rings is 1. The molecule has 0 aliphatic carbocycles. The lowest BCUT2D eigenvalue weighted by Gasteiger charge is -2.28. The zero-order chi connectivity index (χ0) is 28.5. The van der Waals surface area contributed by atoms with Crippen LogP contribution in [0, 0.1) is 25.5 Å². The molecule has 1 aliphatic heterocycles. The number of rotatable bonds is 6. The van der Waals surface area contributed by atoms with Crippen molar-refractivity contribution in [3.8, 4) is 5.69 Å². The van der Waals surface area contributed by atoms with Crippen LogP contribution in [0.4, 0.5) is 8.78 Å². The van der Waals surface area contributed by atoms with Gasteiger partial charge >= 0.3 is 0 Å². The molecule has 3 aromatic carbocycles. The van der Waals surface area contributed by atoms with Crippen molar-refractivity contribution >= 4 is 16.8 Å². The van der Waals surface area contributed by atoms with E-state index in [9.17, 15) is 13.6 Å². The van der Waals surface area contributed by atoms with Gasteiger partial charge in [-0.1, -0.05) is 42.5 Å². The standard InChI is InChI=1S/C34H32F2N4O/c1-22-24(8-6-12-28(22)35)20-30-33-27(14-15-38-30)32(34(41)39-18-16-37-17-19-39)31(40(33)26-10-4-3-5-11-26)21-25-9-7-13-29(36)23(25)2/h3-15,37H,16-21H2,1-2H3. The number of carbonyl (C=O) groups excluding carboxylic acids is 1. The molecule has 6 rings (SSSR count). The first-order valence-electron chi connectivity index (χ1n) is 14.0. The third-order valence-electron chi connectivity index (χ3n) is 8.16. The molecule has 1 fully saturated rings. The van der Waals surface area contributed by atoms with Gasteiger partial charge in [-0.3, -0.25) is 9.78 Å². The van der Waals surface area contributed by atoms with Crippen molar-refractivity contribution in [1.82, 2.24) is 19.8 Å². The first kappa shape index (κ1) is 26.8. The molecule has 0 saturated carbocycles. The van der Waals surface area contributed by atoms with E-state index >= 15 is 0 Å². The van der Waals surface area contributed by atoms with E-state index in [1.807, 2.05) is 53.4 Å². The molecule has 208 valence electrons. The molecule has 1 saturated heterocycles. The van der Waals surface area contributed by atoms with Crippen LogP contribution in [-0.4, -0.2) is 46.5 Å². The Kier molecular flexibility index (Phi) is 7.37. The topological polar surface area (TPSA) is 50.2 Å². The minimum Gasteiger partial charge on any atom is -0.336 e. The number of piperazine rings is 1. The molecular weight excluding hydrogens is 518 g/mol. The Bertz CT molecular complexity index is 1740. The van der Waals surface area contributed by atoms with E-state index in [1.165, 1.54) is 12.1 Å². The molecule has 3 heterocycles. The number of nitrogens with zero attached hydrogens (tertiary/aromatic N) is 3. The number of carbonyl (C=O) groups is 1. The van der Waals surface area contributed by atoms with Gasteiger partial charge in [0.05, 0.1) is 16.8 Å². The largest absolute Gasteiger partial charge is 0.336 e. The summed E-state index contributed by atoms with van der Waals surface area (Å²) in [7, 11) is 0. The molecule has 0 spiro atoms. The minimum absolute atomic E-state index is 0.0469. The van der Waals surface area contributed by atoms with Crippen LogP contribution in [0.1, 0.15) is 44.0 Å². The normalized spacial score (nSPS) is 13.6. The molecule has 0 radical (unpaired) electrons. The number of amides is 1. The summed E-state index contributed by atoms with van der Waals surface area (Å²) < 4.78 is 31.3. The first-order chi connectivity index (χ1) is 19.9. The average molecular weight is 551 g/mol. The van der Waals surface area contributed by atoms with Crippen LogP contribution < -0.4 is 5.32 Å². The fraction of sp³-hybridized carbons (Fsp3) is 0.235. The summed E-state index contributed by atoms with van der Waals surface area (Å²) in [6, 6.07) is 22.0. The summed E-state index contributed by atoms with van der Waals surface area (Å²) in [6.45, 7) is 6.22. The summed E-state index contributed by atoms with van der Waals surface area (Å²) in [5, 5.41) is 4.11. The predicted molar refractivity (Wildman–Crippen MR) is 158 cm³/mol. The van der Waals surface area contributed by atoms with E-state index in [0.717, 1.165) is 52.2 Å². The maximum absolute atomic E-state index is 14.7. The second kappa shape index (κ2) is 11.3. The predicted octanol–water partition coefficient (Wildman–Crippen LogP) is 6.15. The molecule has 0 unspecified atom stereocenters. The van der Waals surface area contributed by atoms with Gasteiger partial charge < -0.3 is 14.8 Å². The Hall–Kier alpha value is -4.36. The molecule has 5 aromatic rings. The minimum atomic E-state index is -0.274. The number of nitrogens with one attached hydrogen (secondary N) is 1. The highest BCUT2D eigenvalue weighted by molar-refractivity contribution is 6.09. The third-order valence-corrected chi connectivity index (χ3v) is 8.16. The number of benzene rings is 3. The van der Waals surface area contributed by atoms with E-state index in [-0.39, 0.29) is 17.5 Å². The fourth-order valence-electron chi connectivity index (χ4n) is 5.82. The summed E-state index contributed by atoms with van der Waals surface area (Å²) in [6.07, 6.45) is 2.49. The highest BCUT2D eigenvalue weighted by Gasteiger charge is 2.30. The van der Waals surface area contributed by atoms with E-state index < -0.39 is 0 Å². The third kappa shape index (κ3) is 5.02. The Labute approximate surface area is 238 Å². The van der Waals surface area contributed by atoms with Crippen molar-refractivity contribution in [2.75, 3.05) is 26.2 Å². The lowest BCUT2D eigenvalue weighted by Crippen LogP contribution is -2.46. The van der Waals surface area contributed by atoms with Crippen LogP contribution in [-0.2, 0) is 12.8 Å². The number of aromatic nitrogens is 2. The number of halogens is 2. The smallest absolute Gasteiger partial charge is 0.256 e. The van der Waals surface area contributed by atoms with Crippen LogP contribution in [0.3, 0.4) is 0 Å². The van der Waals surface area contributed by atoms with E-state index in [2.05, 4.69) is 9.88 Å². The lowest BCUT2D eigenvalue weighted by molar-refractivity contribution is 0.0736. The molecule has 1 N–H and O–H groups in total. The van der Waals surface area contributed by atoms with Gasteiger partial charge in [-0.05, 0) is 66.4 Å². The van der Waals surface area contributed by atoms with Crippen LogP contribution >= 0.6 is 0 Å². The molecule has 41 heavy (non-hydrogen) atoms. The van der Waals surface area contributed by atoms with Gasteiger partial charge in [-0.2, -0.15) is 0 Å². The number of hydrogen-bond acceptors (Lipinski definition) is 3. The molecule has 1 aliphatic rings. The highest BCUT2D eigenvalue weighted by atomic mass is 19.1. The van der Waals surface area contributed by atoms with Crippen LogP contribution in [0.2, 0.25) is 0 Å². The van der Waals surface area contributed by atoms with Crippen molar-refractivity contribution in [2.45, 2.75) is 26.7 Å². The maximum atomic E-state index is 14.7. The summed E-state index contributed by atoms with van der Waals surface area (Å²) >= 11 is 0. The van der Waals surface area contributed by atoms with Crippen LogP contribution in [0.5, 0.6) is 0 Å². The second-order valence-electron chi connectivity index (χ2n) is 10.6. The second-order valence-corrected chi connectivity index (χ2v) is 10.6. The maximum Gasteiger partial charge on any atom is 0.256 e. The van der Waals surface area contributed by atoms with Gasteiger partial charge in [0.1, 0.15) is 11.6 Å². The molecule has 1 amide bonds. The SMILES string of the molecule is Cc1c(F)cccc1Cc1nccc2c(C(=O)N3CCNCC3)c(Cc3cccc(F)c3C)n(-c3ccccc3)c12. The van der Waals surface area contributed by atoms with Gasteiger partial charge in [0.15, 0.2) is 0 Å². The molecule has 7 heteroatoms. The summed E-state index contributed by atoms with van der Waals surface area (Å²) in [4.78, 5) is 21.0. The van der Waals surface area contributed by atoms with Gasteiger partial charge in [-0.15, -0.1) is 0 Å². The highest BCUT2D eigenvalue weighted by Crippen LogP contribution is 2.35. The number of para-hydroxylation sites is 1. The Balaban J connectivity index is 1.65. The zero-order valence-electron chi connectivity index (χ0n) is 23.3. The van der Waals surface area contributed by atoms with Gasteiger partial charge in [0, 0.05) is 62.0 Å². The van der Waals surface area contributed by atoms with E-state index in [0.29, 0.717) is 42.6 Å². The molecular formula is C34H32F2N4O. The molecule has 5 nitrogen and oxygen atoms in total.